The average molecular weight is 681 g/mol. The van der Waals surface area contributed by atoms with E-state index in [-0.39, 0.29) is 29.9 Å². The van der Waals surface area contributed by atoms with E-state index in [0.29, 0.717) is 23.6 Å². The normalized spacial score (nSPS) is 14.8. The fourth-order valence-electron chi connectivity index (χ4n) is 5.96. The minimum Gasteiger partial charge on any atom is -0.497 e. The van der Waals surface area contributed by atoms with Crippen LogP contribution in [-0.2, 0) is 29.7 Å². The average Bonchev–Trinajstić information content (AvgIpc) is 3.60. The Morgan fingerprint density at radius 3 is 1.88 bits per heavy atom. The Bertz CT molecular complexity index is 1960. The molecule has 11 nitrogen and oxygen atoms in total. The molecule has 1 atom stereocenters. The first-order valence-corrected chi connectivity index (χ1v) is 17.5. The maximum atomic E-state index is 15.0. The summed E-state index contributed by atoms with van der Waals surface area (Å²) in [6.07, 6.45) is 4.53. The molecule has 0 radical (unpaired) electrons. The Balaban J connectivity index is 1.45. The molecular formula is C37H40N6O5S. The van der Waals surface area contributed by atoms with Crippen LogP contribution in [0.15, 0.2) is 102 Å². The number of nitrogens with two attached hydrogens (primary N) is 1. The number of methoxy groups -OCH3 is 3. The second kappa shape index (κ2) is 15.0. The molecule has 0 fully saturated rings. The lowest BCUT2D eigenvalue weighted by Gasteiger charge is -2.25. The van der Waals surface area contributed by atoms with Crippen LogP contribution >= 0.6 is 0 Å². The number of ether oxygens (including phenoxy) is 3. The van der Waals surface area contributed by atoms with E-state index < -0.39 is 10.0 Å². The Labute approximate surface area is 287 Å². The topological polar surface area (TPSA) is 135 Å². The molecule has 0 saturated heterocycles. The van der Waals surface area contributed by atoms with E-state index in [4.69, 9.17) is 25.0 Å². The minimum atomic E-state index is -4.16. The van der Waals surface area contributed by atoms with Gasteiger partial charge in [0, 0.05) is 19.1 Å². The predicted octanol–water partition coefficient (Wildman–Crippen LogP) is 5.70. The Morgan fingerprint density at radius 1 is 0.796 bits per heavy atom. The molecule has 12 heteroatoms. The predicted molar refractivity (Wildman–Crippen MR) is 188 cm³/mol. The summed E-state index contributed by atoms with van der Waals surface area (Å²) in [5.41, 5.74) is 11.0. The van der Waals surface area contributed by atoms with E-state index in [9.17, 15) is 8.42 Å². The fraction of sp³-hybridized carbons (Fsp3) is 0.270. The highest BCUT2D eigenvalue weighted by atomic mass is 32.2. The number of allylic oxidation sites excluding steroid dienone is 1. The molecule has 4 aromatic carbocycles. The summed E-state index contributed by atoms with van der Waals surface area (Å²) in [6, 6.07) is 27.5. The maximum absolute atomic E-state index is 15.0. The van der Waals surface area contributed by atoms with Crippen molar-refractivity contribution >= 4 is 15.6 Å². The monoisotopic (exact) mass is 680 g/mol. The molecule has 1 heterocycles. The number of aromatic nitrogens is 4. The molecule has 6 rings (SSSR count). The van der Waals surface area contributed by atoms with Crippen molar-refractivity contribution in [1.82, 2.24) is 24.5 Å². The van der Waals surface area contributed by atoms with Gasteiger partial charge in [-0.2, -0.15) is 9.10 Å². The van der Waals surface area contributed by atoms with Gasteiger partial charge in [0.1, 0.15) is 17.2 Å². The fourth-order valence-corrected chi connectivity index (χ4v) is 7.59. The lowest BCUT2D eigenvalue weighted by Crippen LogP contribution is -2.31. The van der Waals surface area contributed by atoms with Crippen LogP contribution in [0.5, 0.6) is 17.2 Å². The van der Waals surface area contributed by atoms with Crippen LogP contribution in [0.1, 0.15) is 41.5 Å². The van der Waals surface area contributed by atoms with Crippen molar-refractivity contribution < 1.29 is 22.6 Å². The standard InChI is InChI=1S/C37H40N6O5S/c1-46-31-16-10-26(11-17-31)23-42(24-27-12-18-32(47-2)19-13-27)49(44,45)35-9-5-8-34(29-6-4-7-30(38)22-29)36(35)37-39-41-43(40-37)25-28-14-20-33(48-3)21-15-28/h5,8-22,30H,4,6-7,23-25,38H2,1-3H3. The summed E-state index contributed by atoms with van der Waals surface area (Å²) in [6.45, 7) is 0.580. The largest absolute Gasteiger partial charge is 0.497 e. The summed E-state index contributed by atoms with van der Waals surface area (Å²) < 4.78 is 47.4. The summed E-state index contributed by atoms with van der Waals surface area (Å²) >= 11 is 0. The quantitative estimate of drug-likeness (QED) is 0.166. The van der Waals surface area contributed by atoms with Crippen molar-refractivity contribution in [1.29, 1.82) is 0 Å². The highest BCUT2D eigenvalue weighted by Crippen LogP contribution is 2.38. The lowest BCUT2D eigenvalue weighted by atomic mass is 9.89. The molecule has 49 heavy (non-hydrogen) atoms. The highest BCUT2D eigenvalue weighted by molar-refractivity contribution is 7.89. The molecule has 1 aliphatic rings. The van der Waals surface area contributed by atoms with Crippen molar-refractivity contribution in [2.45, 2.75) is 49.8 Å². The highest BCUT2D eigenvalue weighted by Gasteiger charge is 2.32. The Kier molecular flexibility index (Phi) is 10.4. The van der Waals surface area contributed by atoms with Gasteiger partial charge in [-0.3, -0.25) is 0 Å². The van der Waals surface area contributed by atoms with Gasteiger partial charge in [0.05, 0.1) is 38.3 Å². The van der Waals surface area contributed by atoms with E-state index in [1.165, 1.54) is 9.10 Å². The van der Waals surface area contributed by atoms with E-state index in [0.717, 1.165) is 52.8 Å². The van der Waals surface area contributed by atoms with Gasteiger partial charge in [0.25, 0.3) is 0 Å². The first-order valence-electron chi connectivity index (χ1n) is 16.0. The van der Waals surface area contributed by atoms with Crippen LogP contribution < -0.4 is 19.9 Å². The lowest BCUT2D eigenvalue weighted by molar-refractivity contribution is 0.397. The van der Waals surface area contributed by atoms with Crippen molar-refractivity contribution in [2.24, 2.45) is 5.73 Å². The smallest absolute Gasteiger partial charge is 0.244 e. The van der Waals surface area contributed by atoms with Crippen molar-refractivity contribution in [3.05, 3.63) is 119 Å². The van der Waals surface area contributed by atoms with E-state index in [1.807, 2.05) is 84.9 Å². The summed E-state index contributed by atoms with van der Waals surface area (Å²) in [7, 11) is 0.654. The van der Waals surface area contributed by atoms with Crippen LogP contribution in [0.4, 0.5) is 0 Å². The molecule has 5 aromatic rings. The number of benzene rings is 4. The number of tetrazole rings is 1. The van der Waals surface area contributed by atoms with Crippen molar-refractivity contribution in [3.63, 3.8) is 0 Å². The van der Waals surface area contributed by atoms with Gasteiger partial charge in [-0.05, 0) is 94.8 Å². The van der Waals surface area contributed by atoms with Crippen LogP contribution in [-0.4, -0.2) is 60.3 Å². The summed E-state index contributed by atoms with van der Waals surface area (Å²) in [4.78, 5) is 1.56. The SMILES string of the molecule is COc1ccc(CN(Cc2ccc(OC)cc2)S(=O)(=O)c2cccc(C3=CC(N)CCC3)c2-c2nnn(Cc3ccc(OC)cc3)n2)cc1. The van der Waals surface area contributed by atoms with Crippen LogP contribution in [0.25, 0.3) is 17.0 Å². The molecule has 1 aliphatic carbocycles. The Hall–Kier alpha value is -5.04. The molecular weight excluding hydrogens is 641 g/mol. The van der Waals surface area contributed by atoms with Crippen molar-refractivity contribution in [3.8, 4) is 28.6 Å². The van der Waals surface area contributed by atoms with Gasteiger partial charge < -0.3 is 19.9 Å². The third-order valence-electron chi connectivity index (χ3n) is 8.58. The van der Waals surface area contributed by atoms with E-state index in [1.54, 1.807) is 33.5 Å². The first-order chi connectivity index (χ1) is 23.8. The summed E-state index contributed by atoms with van der Waals surface area (Å²) in [5.74, 6) is 2.33. The van der Waals surface area contributed by atoms with Crippen LogP contribution in [0, 0.1) is 0 Å². The third-order valence-corrected chi connectivity index (χ3v) is 10.4. The summed E-state index contributed by atoms with van der Waals surface area (Å²) in [5, 5.41) is 13.5. The number of hydrogen-bond donors (Lipinski definition) is 1. The molecule has 254 valence electrons. The van der Waals surface area contributed by atoms with E-state index >= 15 is 0 Å². The molecule has 0 aliphatic heterocycles. The van der Waals surface area contributed by atoms with Gasteiger partial charge in [-0.15, -0.1) is 10.2 Å². The number of sulfonamides is 1. The molecule has 0 spiro atoms. The second-order valence-corrected chi connectivity index (χ2v) is 13.8. The molecule has 0 amide bonds. The zero-order chi connectivity index (χ0) is 34.4. The Morgan fingerprint density at radius 2 is 1.35 bits per heavy atom. The first kappa shape index (κ1) is 33.8. The minimum absolute atomic E-state index is 0.0936. The van der Waals surface area contributed by atoms with Gasteiger partial charge >= 0.3 is 0 Å². The molecule has 1 aromatic heterocycles. The van der Waals surface area contributed by atoms with E-state index in [2.05, 4.69) is 10.3 Å². The molecule has 0 saturated carbocycles. The van der Waals surface area contributed by atoms with Crippen LogP contribution in [0.3, 0.4) is 0 Å². The van der Waals surface area contributed by atoms with Gasteiger partial charge in [0.2, 0.25) is 15.8 Å². The molecule has 2 N–H and O–H groups in total. The van der Waals surface area contributed by atoms with Crippen molar-refractivity contribution in [2.75, 3.05) is 21.3 Å². The molecule has 1 unspecified atom stereocenters. The number of rotatable bonds is 13. The van der Waals surface area contributed by atoms with Crippen LogP contribution in [0.2, 0.25) is 0 Å². The zero-order valence-corrected chi connectivity index (χ0v) is 28.6. The van der Waals surface area contributed by atoms with Gasteiger partial charge in [-0.1, -0.05) is 54.6 Å². The van der Waals surface area contributed by atoms with Gasteiger partial charge in [-0.25, -0.2) is 8.42 Å². The van der Waals surface area contributed by atoms with Gasteiger partial charge in [0.15, 0.2) is 0 Å². The number of nitrogens with zero attached hydrogens (tertiary/aromatic N) is 5. The second-order valence-electron chi connectivity index (χ2n) is 11.9. The zero-order valence-electron chi connectivity index (χ0n) is 27.8. The third kappa shape index (κ3) is 7.83. The number of hydrogen-bond acceptors (Lipinski definition) is 9. The maximum Gasteiger partial charge on any atom is 0.244 e. The molecule has 0 bridgehead atoms.